The number of sulfone groups is 1. The van der Waals surface area contributed by atoms with Gasteiger partial charge in [-0.05, 0) is 17.7 Å². The molecule has 0 aliphatic heterocycles. The molecule has 0 spiro atoms. The van der Waals surface area contributed by atoms with Crippen molar-refractivity contribution >= 4 is 44.0 Å². The van der Waals surface area contributed by atoms with E-state index in [4.69, 9.17) is 11.6 Å². The molecule has 0 aromatic heterocycles. The van der Waals surface area contributed by atoms with Crippen LogP contribution in [0.5, 0.6) is 0 Å². The molecule has 0 fully saturated rings. The Kier molecular flexibility index (Phi) is 5.03. The van der Waals surface area contributed by atoms with E-state index in [0.717, 1.165) is 0 Å². The zero-order valence-corrected chi connectivity index (χ0v) is 12.3. The molecule has 0 unspecified atom stereocenters. The number of aliphatic hydroxyl groups is 1. The maximum absolute atomic E-state index is 11.6. The summed E-state index contributed by atoms with van der Waals surface area (Å²) in [6, 6.07) is 6.51. The highest BCUT2D eigenvalue weighted by molar-refractivity contribution is 14.1. The number of aliphatic hydroxyl groups excluding tert-OH is 1. The van der Waals surface area contributed by atoms with Gasteiger partial charge in [0.2, 0.25) is 0 Å². The molecule has 0 aliphatic rings. The van der Waals surface area contributed by atoms with Crippen molar-refractivity contribution in [2.45, 2.75) is 16.3 Å². The molecule has 0 saturated heterocycles. The number of benzene rings is 1. The van der Waals surface area contributed by atoms with Crippen LogP contribution in [-0.4, -0.2) is 22.5 Å². The zero-order chi connectivity index (χ0) is 12.3. The molecule has 0 heterocycles. The van der Waals surface area contributed by atoms with Gasteiger partial charge in [0.25, 0.3) is 0 Å². The Bertz CT molecular complexity index is 444. The summed E-state index contributed by atoms with van der Waals surface area (Å²) in [5.74, 6) is 0.0191. The zero-order valence-electron chi connectivity index (χ0n) is 8.60. The van der Waals surface area contributed by atoms with Gasteiger partial charge in [-0.15, -0.1) is 0 Å². The molecule has 0 amide bonds. The summed E-state index contributed by atoms with van der Waals surface area (Å²) < 4.78 is 22.3. The number of halogens is 2. The first-order valence-corrected chi connectivity index (χ1v) is 8.01. The van der Waals surface area contributed by atoms with Crippen LogP contribution < -0.4 is 0 Å². The predicted molar refractivity (Wildman–Crippen MR) is 73.7 cm³/mol. The van der Waals surface area contributed by atoms with Crippen molar-refractivity contribution in [1.82, 2.24) is 0 Å². The molecular weight excluding hydrogens is 363 g/mol. The highest BCUT2D eigenvalue weighted by Crippen LogP contribution is 2.28. The van der Waals surface area contributed by atoms with E-state index in [1.807, 2.05) is 0 Å². The van der Waals surface area contributed by atoms with Crippen molar-refractivity contribution in [3.05, 3.63) is 34.9 Å². The fourth-order valence-electron chi connectivity index (χ4n) is 1.17. The average Bonchev–Trinajstić information content (AvgIpc) is 2.28. The molecule has 90 valence electrons. The van der Waals surface area contributed by atoms with Crippen molar-refractivity contribution in [3.63, 3.8) is 0 Å². The van der Waals surface area contributed by atoms with Crippen LogP contribution in [0.25, 0.3) is 0 Å². The molecular formula is C10H12ClIO3S. The summed E-state index contributed by atoms with van der Waals surface area (Å²) in [6.45, 7) is 1.57. The van der Waals surface area contributed by atoms with E-state index in [1.165, 1.54) is 0 Å². The lowest BCUT2D eigenvalue weighted by atomic mass is 10.1. The SMILES string of the molecule is CCS(=O)(=O)[C@H](I)[C@H](O)c1ccc(Cl)cc1. The van der Waals surface area contributed by atoms with Crippen molar-refractivity contribution in [1.29, 1.82) is 0 Å². The van der Waals surface area contributed by atoms with Gasteiger partial charge in [0.15, 0.2) is 9.84 Å². The summed E-state index contributed by atoms with van der Waals surface area (Å²) in [4.78, 5) is 0. The smallest absolute Gasteiger partial charge is 0.164 e. The van der Waals surface area contributed by atoms with Crippen LogP contribution in [0.2, 0.25) is 5.02 Å². The molecule has 0 saturated carbocycles. The van der Waals surface area contributed by atoms with Crippen LogP contribution in [-0.2, 0) is 9.84 Å². The first-order valence-electron chi connectivity index (χ1n) is 4.67. The van der Waals surface area contributed by atoms with Crippen molar-refractivity contribution in [2.24, 2.45) is 0 Å². The topological polar surface area (TPSA) is 54.4 Å². The fraction of sp³-hybridized carbons (Fsp3) is 0.400. The third-order valence-corrected chi connectivity index (χ3v) is 7.21. The largest absolute Gasteiger partial charge is 0.386 e. The monoisotopic (exact) mass is 374 g/mol. The Labute approximate surface area is 114 Å². The van der Waals surface area contributed by atoms with Crippen LogP contribution in [0.3, 0.4) is 0 Å². The minimum atomic E-state index is -3.25. The highest BCUT2D eigenvalue weighted by Gasteiger charge is 2.29. The molecule has 1 rings (SSSR count). The van der Waals surface area contributed by atoms with Gasteiger partial charge in [-0.2, -0.15) is 0 Å². The van der Waals surface area contributed by atoms with Crippen LogP contribution in [0.4, 0.5) is 0 Å². The number of rotatable bonds is 4. The van der Waals surface area contributed by atoms with E-state index in [1.54, 1.807) is 53.8 Å². The molecule has 2 atom stereocenters. The Morgan fingerprint density at radius 1 is 1.38 bits per heavy atom. The Morgan fingerprint density at radius 3 is 2.31 bits per heavy atom. The molecule has 16 heavy (non-hydrogen) atoms. The third-order valence-electron chi connectivity index (χ3n) is 2.21. The first kappa shape index (κ1) is 14.2. The van der Waals surface area contributed by atoms with E-state index in [9.17, 15) is 13.5 Å². The van der Waals surface area contributed by atoms with Gasteiger partial charge in [0.05, 0.1) is 0 Å². The molecule has 1 aromatic carbocycles. The van der Waals surface area contributed by atoms with Crippen LogP contribution in [0.1, 0.15) is 18.6 Å². The lowest BCUT2D eigenvalue weighted by Crippen LogP contribution is -2.24. The second-order valence-electron chi connectivity index (χ2n) is 3.30. The minimum Gasteiger partial charge on any atom is -0.386 e. The quantitative estimate of drug-likeness (QED) is 0.651. The summed E-state index contributed by atoms with van der Waals surface area (Å²) >= 11 is 7.46. The maximum Gasteiger partial charge on any atom is 0.164 e. The van der Waals surface area contributed by atoms with Crippen molar-refractivity contribution < 1.29 is 13.5 Å². The fourth-order valence-corrected chi connectivity index (χ4v) is 3.66. The molecule has 1 N–H and O–H groups in total. The van der Waals surface area contributed by atoms with Gasteiger partial charge >= 0.3 is 0 Å². The molecule has 1 aromatic rings. The average molecular weight is 375 g/mol. The van der Waals surface area contributed by atoms with E-state index in [-0.39, 0.29) is 5.75 Å². The van der Waals surface area contributed by atoms with Gasteiger partial charge in [0.1, 0.15) is 9.36 Å². The molecule has 3 nitrogen and oxygen atoms in total. The van der Waals surface area contributed by atoms with Gasteiger partial charge in [-0.3, -0.25) is 0 Å². The molecule has 0 radical (unpaired) electrons. The molecule has 0 aliphatic carbocycles. The lowest BCUT2D eigenvalue weighted by Gasteiger charge is -2.17. The van der Waals surface area contributed by atoms with Crippen molar-refractivity contribution in [2.75, 3.05) is 5.75 Å². The van der Waals surface area contributed by atoms with Gasteiger partial charge in [-0.1, -0.05) is 53.2 Å². The van der Waals surface area contributed by atoms with Gasteiger partial charge in [0, 0.05) is 10.8 Å². The summed E-state index contributed by atoms with van der Waals surface area (Å²) in [6.07, 6.45) is -1.03. The minimum absolute atomic E-state index is 0.0191. The summed E-state index contributed by atoms with van der Waals surface area (Å²) in [5, 5.41) is 10.5. The Morgan fingerprint density at radius 2 is 1.88 bits per heavy atom. The summed E-state index contributed by atoms with van der Waals surface area (Å²) in [7, 11) is -3.25. The number of hydrogen-bond acceptors (Lipinski definition) is 3. The predicted octanol–water partition coefficient (Wildman–Crippen LogP) is 2.57. The van der Waals surface area contributed by atoms with Crippen LogP contribution >= 0.6 is 34.2 Å². The third kappa shape index (κ3) is 3.32. The molecule has 6 heteroatoms. The van der Waals surface area contributed by atoms with Crippen LogP contribution in [0, 0.1) is 0 Å². The number of hydrogen-bond donors (Lipinski definition) is 1. The molecule has 0 bridgehead atoms. The van der Waals surface area contributed by atoms with E-state index in [0.29, 0.717) is 10.6 Å². The van der Waals surface area contributed by atoms with E-state index < -0.39 is 19.2 Å². The van der Waals surface area contributed by atoms with Gasteiger partial charge in [-0.25, -0.2) is 8.42 Å². The van der Waals surface area contributed by atoms with E-state index in [2.05, 4.69) is 0 Å². The maximum atomic E-state index is 11.6. The first-order chi connectivity index (χ1) is 7.38. The second-order valence-corrected chi connectivity index (χ2v) is 8.33. The Hall–Kier alpha value is 0.150. The lowest BCUT2D eigenvalue weighted by molar-refractivity contribution is 0.197. The summed E-state index contributed by atoms with van der Waals surface area (Å²) in [5.41, 5.74) is 0.556. The van der Waals surface area contributed by atoms with Gasteiger partial charge < -0.3 is 5.11 Å². The Balaban J connectivity index is 2.94. The second kappa shape index (κ2) is 5.66. The van der Waals surface area contributed by atoms with Crippen molar-refractivity contribution in [3.8, 4) is 0 Å². The van der Waals surface area contributed by atoms with E-state index >= 15 is 0 Å². The standard InChI is InChI=1S/C10H12ClIO3S/c1-2-16(14,15)10(12)9(13)7-3-5-8(11)6-4-7/h3-6,9-10,13H,2H2,1H3/t9-,10+/m1/s1. The number of alkyl halides is 1. The highest BCUT2D eigenvalue weighted by atomic mass is 127. The normalized spacial score (nSPS) is 15.8. The van der Waals surface area contributed by atoms with Crippen LogP contribution in [0.15, 0.2) is 24.3 Å².